The van der Waals surface area contributed by atoms with Crippen molar-refractivity contribution in [2.75, 3.05) is 4.72 Å². The second-order valence-corrected chi connectivity index (χ2v) is 6.16. The van der Waals surface area contributed by atoms with Crippen LogP contribution in [0.3, 0.4) is 0 Å². The Kier molecular flexibility index (Phi) is 2.42. The summed E-state index contributed by atoms with van der Waals surface area (Å²) in [5.41, 5.74) is 5.82. The molecule has 1 amide bonds. The summed E-state index contributed by atoms with van der Waals surface area (Å²) in [6.07, 6.45) is 0.502. The van der Waals surface area contributed by atoms with E-state index >= 15 is 0 Å². The molecule has 0 radical (unpaired) electrons. The van der Waals surface area contributed by atoms with Crippen LogP contribution < -0.4 is 10.5 Å². The number of hydrogen-bond donors (Lipinski definition) is 2. The van der Waals surface area contributed by atoms with Crippen LogP contribution in [0.5, 0.6) is 0 Å². The Labute approximate surface area is 98.4 Å². The molecule has 8 heteroatoms. The van der Waals surface area contributed by atoms with E-state index in [2.05, 4.69) is 9.88 Å². The van der Waals surface area contributed by atoms with Crippen molar-refractivity contribution in [1.82, 2.24) is 5.16 Å². The van der Waals surface area contributed by atoms with Crippen molar-refractivity contribution in [3.05, 3.63) is 11.5 Å². The molecule has 0 unspecified atom stereocenters. The predicted molar refractivity (Wildman–Crippen MR) is 59.7 cm³/mol. The number of nitrogens with two attached hydrogens (primary N) is 1. The molecule has 1 aromatic rings. The molecule has 0 aromatic carbocycles. The molecule has 1 fully saturated rings. The first-order chi connectivity index (χ1) is 7.80. The summed E-state index contributed by atoms with van der Waals surface area (Å²) in [6.45, 7) is 3.19. The Morgan fingerprint density at radius 3 is 2.41 bits per heavy atom. The Morgan fingerprint density at radius 1 is 1.47 bits per heavy atom. The highest BCUT2D eigenvalue weighted by Crippen LogP contribution is 2.44. The van der Waals surface area contributed by atoms with Gasteiger partial charge in [0.2, 0.25) is 15.9 Å². The van der Waals surface area contributed by atoms with Gasteiger partial charge in [0.25, 0.3) is 0 Å². The van der Waals surface area contributed by atoms with Crippen molar-refractivity contribution in [2.45, 2.75) is 31.4 Å². The fraction of sp³-hybridized carbons (Fsp3) is 0.556. The Hall–Kier alpha value is -1.57. The standard InChI is InChI=1S/C9H13N3O4S/c1-5-7(6(2)16-11-5)12-17(14,15)9(3-4-9)8(10)13/h12H,3-4H2,1-2H3,(H2,10,13). The molecule has 0 saturated heterocycles. The van der Waals surface area contributed by atoms with E-state index in [9.17, 15) is 13.2 Å². The molecule has 7 nitrogen and oxygen atoms in total. The highest BCUT2D eigenvalue weighted by molar-refractivity contribution is 7.95. The van der Waals surface area contributed by atoms with Crippen LogP contribution in [-0.4, -0.2) is 24.2 Å². The van der Waals surface area contributed by atoms with Crippen molar-refractivity contribution < 1.29 is 17.7 Å². The van der Waals surface area contributed by atoms with Gasteiger partial charge < -0.3 is 10.3 Å². The van der Waals surface area contributed by atoms with Gasteiger partial charge in [-0.2, -0.15) is 0 Å². The number of sulfonamides is 1. The lowest BCUT2D eigenvalue weighted by Gasteiger charge is -2.13. The van der Waals surface area contributed by atoms with E-state index < -0.39 is 20.7 Å². The number of carbonyl (C=O) groups excluding carboxylic acids is 1. The summed E-state index contributed by atoms with van der Waals surface area (Å²) in [6, 6.07) is 0. The Bertz CT molecular complexity index is 552. The van der Waals surface area contributed by atoms with Crippen LogP contribution in [-0.2, 0) is 14.8 Å². The molecule has 94 valence electrons. The molecular weight excluding hydrogens is 246 g/mol. The van der Waals surface area contributed by atoms with Gasteiger partial charge in [0.15, 0.2) is 10.5 Å². The maximum Gasteiger partial charge on any atom is 0.247 e. The van der Waals surface area contributed by atoms with Crippen molar-refractivity contribution in [1.29, 1.82) is 0 Å². The SMILES string of the molecule is Cc1noc(C)c1NS(=O)(=O)C1(C(N)=O)CC1. The number of hydrogen-bond acceptors (Lipinski definition) is 5. The van der Waals surface area contributed by atoms with Gasteiger partial charge in [-0.05, 0) is 26.7 Å². The van der Waals surface area contributed by atoms with E-state index in [0.29, 0.717) is 11.5 Å². The molecule has 0 aliphatic heterocycles. The number of primary amides is 1. The number of anilines is 1. The summed E-state index contributed by atoms with van der Waals surface area (Å²) >= 11 is 0. The van der Waals surface area contributed by atoms with E-state index in [1.54, 1.807) is 13.8 Å². The highest BCUT2D eigenvalue weighted by Gasteiger charge is 2.60. The van der Waals surface area contributed by atoms with Crippen molar-refractivity contribution >= 4 is 21.6 Å². The van der Waals surface area contributed by atoms with Crippen LogP contribution in [0.15, 0.2) is 4.52 Å². The monoisotopic (exact) mass is 259 g/mol. The maximum atomic E-state index is 12.0. The number of rotatable bonds is 4. The number of amides is 1. The first-order valence-electron chi connectivity index (χ1n) is 5.05. The average Bonchev–Trinajstić information content (AvgIpc) is 2.98. The van der Waals surface area contributed by atoms with Crippen molar-refractivity contribution in [3.63, 3.8) is 0 Å². The third-order valence-corrected chi connectivity index (χ3v) is 5.05. The van der Waals surface area contributed by atoms with E-state index in [1.165, 1.54) is 0 Å². The number of nitrogens with one attached hydrogen (secondary N) is 1. The van der Waals surface area contributed by atoms with Crippen LogP contribution in [0.4, 0.5) is 5.69 Å². The molecule has 0 spiro atoms. The van der Waals surface area contributed by atoms with Crippen LogP contribution in [0.2, 0.25) is 0 Å². The van der Waals surface area contributed by atoms with Gasteiger partial charge in [-0.1, -0.05) is 5.16 Å². The molecule has 1 aliphatic rings. The molecule has 0 atom stereocenters. The largest absolute Gasteiger partial charge is 0.368 e. The van der Waals surface area contributed by atoms with Crippen LogP contribution in [0.25, 0.3) is 0 Å². The lowest BCUT2D eigenvalue weighted by molar-refractivity contribution is -0.118. The molecule has 3 N–H and O–H groups in total. The lowest BCUT2D eigenvalue weighted by Crippen LogP contribution is -2.41. The molecule has 1 heterocycles. The summed E-state index contributed by atoms with van der Waals surface area (Å²) in [7, 11) is -3.84. The molecule has 1 saturated carbocycles. The Morgan fingerprint density at radius 2 is 2.06 bits per heavy atom. The van der Waals surface area contributed by atoms with Crippen molar-refractivity contribution in [2.24, 2.45) is 5.73 Å². The summed E-state index contributed by atoms with van der Waals surface area (Å²) < 4.78 is 29.8. The summed E-state index contributed by atoms with van der Waals surface area (Å²) in [5.74, 6) is -0.469. The topological polar surface area (TPSA) is 115 Å². The van der Waals surface area contributed by atoms with E-state index in [-0.39, 0.29) is 18.5 Å². The zero-order valence-corrected chi connectivity index (χ0v) is 10.3. The van der Waals surface area contributed by atoms with Crippen LogP contribution >= 0.6 is 0 Å². The maximum absolute atomic E-state index is 12.0. The quantitative estimate of drug-likeness (QED) is 0.792. The van der Waals surface area contributed by atoms with Gasteiger partial charge in [0.05, 0.1) is 0 Å². The van der Waals surface area contributed by atoms with Gasteiger partial charge in [-0.25, -0.2) is 8.42 Å². The van der Waals surface area contributed by atoms with Crippen LogP contribution in [0.1, 0.15) is 24.3 Å². The highest BCUT2D eigenvalue weighted by atomic mass is 32.2. The lowest BCUT2D eigenvalue weighted by atomic mass is 10.3. The fourth-order valence-corrected chi connectivity index (χ4v) is 3.28. The van der Waals surface area contributed by atoms with E-state index in [1.807, 2.05) is 0 Å². The molecule has 1 aliphatic carbocycles. The van der Waals surface area contributed by atoms with E-state index in [4.69, 9.17) is 10.3 Å². The average molecular weight is 259 g/mol. The smallest absolute Gasteiger partial charge is 0.247 e. The third-order valence-electron chi connectivity index (χ3n) is 2.94. The fourth-order valence-electron chi connectivity index (χ4n) is 1.62. The minimum atomic E-state index is -3.84. The second kappa shape index (κ2) is 3.46. The zero-order valence-electron chi connectivity index (χ0n) is 9.48. The number of carbonyl (C=O) groups is 1. The first kappa shape index (κ1) is 11.9. The minimum absolute atomic E-state index is 0.251. The summed E-state index contributed by atoms with van der Waals surface area (Å²) in [4.78, 5) is 11.2. The number of aryl methyl sites for hydroxylation is 2. The van der Waals surface area contributed by atoms with Gasteiger partial charge in [0, 0.05) is 0 Å². The first-order valence-corrected chi connectivity index (χ1v) is 6.53. The molecule has 0 bridgehead atoms. The molecule has 17 heavy (non-hydrogen) atoms. The summed E-state index contributed by atoms with van der Waals surface area (Å²) in [5, 5.41) is 3.63. The van der Waals surface area contributed by atoms with Gasteiger partial charge in [-0.3, -0.25) is 9.52 Å². The number of aromatic nitrogens is 1. The minimum Gasteiger partial charge on any atom is -0.368 e. The van der Waals surface area contributed by atoms with Crippen LogP contribution in [0, 0.1) is 13.8 Å². The third kappa shape index (κ3) is 1.68. The van der Waals surface area contributed by atoms with E-state index in [0.717, 1.165) is 0 Å². The predicted octanol–water partition coefficient (Wildman–Crippen LogP) is 0.0510. The molecule has 2 rings (SSSR count). The Balaban J connectivity index is 2.34. The molecule has 1 aromatic heterocycles. The second-order valence-electron chi connectivity index (χ2n) is 4.16. The van der Waals surface area contributed by atoms with Gasteiger partial charge in [-0.15, -0.1) is 0 Å². The van der Waals surface area contributed by atoms with Gasteiger partial charge in [0.1, 0.15) is 11.4 Å². The number of nitrogens with zero attached hydrogens (tertiary/aromatic N) is 1. The molecular formula is C9H13N3O4S. The van der Waals surface area contributed by atoms with Gasteiger partial charge >= 0.3 is 0 Å². The zero-order chi connectivity index (χ0) is 12.8. The van der Waals surface area contributed by atoms with Crippen molar-refractivity contribution in [3.8, 4) is 0 Å². The normalized spacial score (nSPS) is 17.8.